The predicted octanol–water partition coefficient (Wildman–Crippen LogP) is 2.33. The van der Waals surface area contributed by atoms with Crippen molar-refractivity contribution in [3.8, 4) is 0 Å². The molecule has 0 heterocycles. The molecule has 1 unspecified atom stereocenters. The van der Waals surface area contributed by atoms with Crippen LogP contribution in [0.15, 0.2) is 18.2 Å². The number of nitrogens with zero attached hydrogens (tertiary/aromatic N) is 1. The Kier molecular flexibility index (Phi) is 4.15. The van der Waals surface area contributed by atoms with Gasteiger partial charge in [-0.1, -0.05) is 25.1 Å². The van der Waals surface area contributed by atoms with Crippen LogP contribution in [-0.2, 0) is 0 Å². The molecule has 15 heavy (non-hydrogen) atoms. The van der Waals surface area contributed by atoms with Gasteiger partial charge in [-0.25, -0.2) is 0 Å². The Balaban J connectivity index is 2.86. The van der Waals surface area contributed by atoms with Crippen molar-refractivity contribution in [2.45, 2.75) is 20.8 Å². The van der Waals surface area contributed by atoms with Crippen LogP contribution in [0.3, 0.4) is 0 Å². The zero-order valence-corrected chi connectivity index (χ0v) is 10.2. The normalized spacial score (nSPS) is 12.6. The molecule has 0 amide bonds. The van der Waals surface area contributed by atoms with Crippen LogP contribution in [0.25, 0.3) is 0 Å². The molecule has 2 heteroatoms. The summed E-state index contributed by atoms with van der Waals surface area (Å²) in [5.74, 6) is 0.536. The lowest BCUT2D eigenvalue weighted by atomic mass is 10.1. The average Bonchev–Trinajstić information content (AvgIpc) is 2.17. The first-order valence-electron chi connectivity index (χ1n) is 5.53. The van der Waals surface area contributed by atoms with E-state index >= 15 is 0 Å². The maximum absolute atomic E-state index is 5.65. The Labute approximate surface area is 93.1 Å². The summed E-state index contributed by atoms with van der Waals surface area (Å²) in [7, 11) is 2.14. The lowest BCUT2D eigenvalue weighted by molar-refractivity contribution is 0.589. The molecular formula is C13H22N2. The number of hydrogen-bond donors (Lipinski definition) is 1. The van der Waals surface area contributed by atoms with E-state index in [0.29, 0.717) is 5.92 Å². The first-order chi connectivity index (χ1) is 7.06. The van der Waals surface area contributed by atoms with E-state index in [1.165, 1.54) is 16.8 Å². The summed E-state index contributed by atoms with van der Waals surface area (Å²) < 4.78 is 0. The van der Waals surface area contributed by atoms with E-state index in [9.17, 15) is 0 Å². The molecule has 2 N–H and O–H groups in total. The number of aryl methyl sites for hydroxylation is 2. The lowest BCUT2D eigenvalue weighted by Crippen LogP contribution is -2.29. The molecule has 0 fully saturated rings. The van der Waals surface area contributed by atoms with E-state index in [4.69, 9.17) is 5.73 Å². The highest BCUT2D eigenvalue weighted by Crippen LogP contribution is 2.23. The highest BCUT2D eigenvalue weighted by atomic mass is 15.1. The highest BCUT2D eigenvalue weighted by molar-refractivity contribution is 5.58. The molecule has 0 bridgehead atoms. The van der Waals surface area contributed by atoms with Gasteiger partial charge < -0.3 is 10.6 Å². The fraction of sp³-hybridized carbons (Fsp3) is 0.538. The van der Waals surface area contributed by atoms with Crippen LogP contribution in [0.5, 0.6) is 0 Å². The predicted molar refractivity (Wildman–Crippen MR) is 67.4 cm³/mol. The van der Waals surface area contributed by atoms with Crippen molar-refractivity contribution in [1.82, 2.24) is 0 Å². The number of nitrogens with two attached hydrogens (primary N) is 1. The van der Waals surface area contributed by atoms with E-state index in [-0.39, 0.29) is 0 Å². The van der Waals surface area contributed by atoms with E-state index in [2.05, 4.69) is 50.9 Å². The Morgan fingerprint density at radius 1 is 1.27 bits per heavy atom. The monoisotopic (exact) mass is 206 g/mol. The van der Waals surface area contributed by atoms with Crippen LogP contribution in [0, 0.1) is 19.8 Å². The number of hydrogen-bond acceptors (Lipinski definition) is 2. The summed E-state index contributed by atoms with van der Waals surface area (Å²) in [5.41, 5.74) is 9.66. The van der Waals surface area contributed by atoms with Crippen LogP contribution in [0.2, 0.25) is 0 Å². The van der Waals surface area contributed by atoms with Crippen LogP contribution in [0.1, 0.15) is 18.1 Å². The molecule has 1 aromatic rings. The minimum atomic E-state index is 0.536. The third-order valence-electron chi connectivity index (χ3n) is 2.81. The van der Waals surface area contributed by atoms with E-state index in [1.54, 1.807) is 0 Å². The molecule has 1 atom stereocenters. The molecule has 0 aliphatic carbocycles. The third kappa shape index (κ3) is 2.96. The SMILES string of the molecule is Cc1cccc(C)c1N(C)CC(C)CN. The zero-order valence-electron chi connectivity index (χ0n) is 10.2. The smallest absolute Gasteiger partial charge is 0.0423 e. The standard InChI is InChI=1S/C13H22N2/c1-10(8-14)9-15(4)13-11(2)6-5-7-12(13)3/h5-7,10H,8-9,14H2,1-4H3. The Hall–Kier alpha value is -1.02. The van der Waals surface area contributed by atoms with Gasteiger partial charge in [-0.3, -0.25) is 0 Å². The van der Waals surface area contributed by atoms with Crippen molar-refractivity contribution in [2.75, 3.05) is 25.0 Å². The minimum Gasteiger partial charge on any atom is -0.374 e. The molecule has 0 aliphatic rings. The largest absolute Gasteiger partial charge is 0.374 e. The average molecular weight is 206 g/mol. The van der Waals surface area contributed by atoms with Crippen LogP contribution < -0.4 is 10.6 Å². The van der Waals surface area contributed by atoms with Gasteiger partial charge in [-0.2, -0.15) is 0 Å². The summed E-state index contributed by atoms with van der Waals surface area (Å²) in [4.78, 5) is 2.31. The maximum atomic E-state index is 5.65. The van der Waals surface area contributed by atoms with Gasteiger partial charge in [0.05, 0.1) is 0 Å². The Morgan fingerprint density at radius 2 is 1.80 bits per heavy atom. The van der Waals surface area contributed by atoms with E-state index < -0.39 is 0 Å². The first kappa shape index (κ1) is 12.1. The third-order valence-corrected chi connectivity index (χ3v) is 2.81. The van der Waals surface area contributed by atoms with Gasteiger partial charge in [-0.05, 0) is 37.4 Å². The van der Waals surface area contributed by atoms with Gasteiger partial charge in [0, 0.05) is 19.3 Å². The van der Waals surface area contributed by atoms with E-state index in [0.717, 1.165) is 13.1 Å². The van der Waals surface area contributed by atoms with Crippen LogP contribution in [0.4, 0.5) is 5.69 Å². The molecule has 0 saturated heterocycles. The molecule has 0 aromatic heterocycles. The van der Waals surface area contributed by atoms with Gasteiger partial charge in [-0.15, -0.1) is 0 Å². The van der Waals surface area contributed by atoms with Gasteiger partial charge in [0.15, 0.2) is 0 Å². The summed E-state index contributed by atoms with van der Waals surface area (Å²) in [6, 6.07) is 6.42. The fourth-order valence-corrected chi connectivity index (χ4v) is 2.04. The molecule has 0 saturated carbocycles. The van der Waals surface area contributed by atoms with E-state index in [1.807, 2.05) is 0 Å². The molecule has 2 nitrogen and oxygen atoms in total. The maximum Gasteiger partial charge on any atom is 0.0423 e. The Bertz CT molecular complexity index is 300. The summed E-state index contributed by atoms with van der Waals surface area (Å²) in [6.07, 6.45) is 0. The lowest BCUT2D eigenvalue weighted by Gasteiger charge is -2.26. The second-order valence-electron chi connectivity index (χ2n) is 4.46. The topological polar surface area (TPSA) is 29.3 Å². The summed E-state index contributed by atoms with van der Waals surface area (Å²) in [5, 5.41) is 0. The number of anilines is 1. The molecule has 84 valence electrons. The highest BCUT2D eigenvalue weighted by Gasteiger charge is 2.09. The van der Waals surface area contributed by atoms with Crippen LogP contribution in [-0.4, -0.2) is 20.1 Å². The number of para-hydroxylation sites is 1. The van der Waals surface area contributed by atoms with Crippen molar-refractivity contribution in [3.63, 3.8) is 0 Å². The fourth-order valence-electron chi connectivity index (χ4n) is 2.04. The minimum absolute atomic E-state index is 0.536. The van der Waals surface area contributed by atoms with Crippen molar-refractivity contribution in [3.05, 3.63) is 29.3 Å². The summed E-state index contributed by atoms with van der Waals surface area (Å²) in [6.45, 7) is 8.26. The number of benzene rings is 1. The summed E-state index contributed by atoms with van der Waals surface area (Å²) >= 11 is 0. The van der Waals surface area contributed by atoms with Crippen molar-refractivity contribution in [2.24, 2.45) is 11.7 Å². The van der Waals surface area contributed by atoms with Crippen molar-refractivity contribution in [1.29, 1.82) is 0 Å². The first-order valence-corrected chi connectivity index (χ1v) is 5.53. The molecule has 0 radical (unpaired) electrons. The second-order valence-corrected chi connectivity index (χ2v) is 4.46. The van der Waals surface area contributed by atoms with Crippen molar-refractivity contribution < 1.29 is 0 Å². The second kappa shape index (κ2) is 5.17. The molecule has 1 rings (SSSR count). The molecule has 0 aliphatic heterocycles. The molecule has 0 spiro atoms. The van der Waals surface area contributed by atoms with Crippen molar-refractivity contribution >= 4 is 5.69 Å². The zero-order chi connectivity index (χ0) is 11.4. The number of rotatable bonds is 4. The quantitative estimate of drug-likeness (QED) is 0.819. The van der Waals surface area contributed by atoms with Gasteiger partial charge in [0.25, 0.3) is 0 Å². The van der Waals surface area contributed by atoms with Crippen LogP contribution >= 0.6 is 0 Å². The molecular weight excluding hydrogens is 184 g/mol. The Morgan fingerprint density at radius 3 is 2.27 bits per heavy atom. The van der Waals surface area contributed by atoms with Gasteiger partial charge >= 0.3 is 0 Å². The molecule has 1 aromatic carbocycles. The van der Waals surface area contributed by atoms with Gasteiger partial charge in [0.1, 0.15) is 0 Å². The van der Waals surface area contributed by atoms with Gasteiger partial charge in [0.2, 0.25) is 0 Å².